The second-order valence-corrected chi connectivity index (χ2v) is 11.0. The van der Waals surface area contributed by atoms with Crippen LogP contribution in [0.15, 0.2) is 24.3 Å². The number of nitrogens with zero attached hydrogens (tertiary/aromatic N) is 1. The van der Waals surface area contributed by atoms with E-state index in [9.17, 15) is 36.0 Å². The van der Waals surface area contributed by atoms with Crippen molar-refractivity contribution in [1.29, 1.82) is 5.26 Å². The number of halogens is 4. The predicted octanol–water partition coefficient (Wildman–Crippen LogP) is 2.53. The van der Waals surface area contributed by atoms with Gasteiger partial charge in [0.05, 0.1) is 17.1 Å². The van der Waals surface area contributed by atoms with Crippen molar-refractivity contribution in [3.05, 3.63) is 35.6 Å². The highest BCUT2D eigenvalue weighted by atomic mass is 32.2. The number of carbonyl (C=O) groups excluding carboxylic acids is 1. The minimum atomic E-state index is -4.87. The van der Waals surface area contributed by atoms with Crippen molar-refractivity contribution in [2.24, 2.45) is 5.92 Å². The number of rotatable bonds is 8. The first-order valence-corrected chi connectivity index (χ1v) is 11.7. The molecule has 6 nitrogen and oxygen atoms in total. The van der Waals surface area contributed by atoms with Gasteiger partial charge in [0, 0.05) is 0 Å². The fourth-order valence-corrected chi connectivity index (χ4v) is 6.37. The third-order valence-corrected chi connectivity index (χ3v) is 8.52. The number of amides is 1. The number of carbonyl (C=O) groups is 1. The summed E-state index contributed by atoms with van der Waals surface area (Å²) in [6, 6.07) is 3.17. The van der Waals surface area contributed by atoms with E-state index in [1.807, 2.05) is 6.07 Å². The van der Waals surface area contributed by atoms with Gasteiger partial charge in [-0.1, -0.05) is 12.1 Å². The van der Waals surface area contributed by atoms with Gasteiger partial charge in [-0.2, -0.15) is 18.4 Å². The van der Waals surface area contributed by atoms with E-state index in [1.165, 1.54) is 0 Å². The molecular weight excluding hydrogens is 438 g/mol. The highest BCUT2D eigenvalue weighted by Gasteiger charge is 2.69. The molecule has 168 valence electrons. The number of hydrogen-bond acceptors (Lipinski definition) is 5. The lowest BCUT2D eigenvalue weighted by molar-refractivity contribution is -0.161. The van der Waals surface area contributed by atoms with Crippen molar-refractivity contribution < 1.29 is 30.8 Å². The maximum atomic E-state index is 13.9. The van der Waals surface area contributed by atoms with E-state index in [1.54, 1.807) is 0 Å². The van der Waals surface area contributed by atoms with Gasteiger partial charge in [0.15, 0.2) is 9.84 Å². The molecule has 3 aliphatic carbocycles. The van der Waals surface area contributed by atoms with Crippen LogP contribution >= 0.6 is 0 Å². The molecular formula is C20H21F4N3O3S. The number of nitriles is 1. The molecule has 2 unspecified atom stereocenters. The molecule has 0 aliphatic heterocycles. The topological polar surface area (TPSA) is 99.1 Å². The molecule has 3 saturated carbocycles. The zero-order valence-corrected chi connectivity index (χ0v) is 17.2. The largest absolute Gasteiger partial charge is 0.407 e. The molecule has 11 heteroatoms. The van der Waals surface area contributed by atoms with Crippen molar-refractivity contribution in [1.82, 2.24) is 10.6 Å². The van der Waals surface area contributed by atoms with Crippen LogP contribution < -0.4 is 10.6 Å². The Hall–Kier alpha value is -2.19. The van der Waals surface area contributed by atoms with Crippen LogP contribution in [0.1, 0.15) is 43.7 Å². The van der Waals surface area contributed by atoms with Gasteiger partial charge < -0.3 is 5.32 Å². The van der Waals surface area contributed by atoms with Crippen LogP contribution in [0.4, 0.5) is 17.6 Å². The molecule has 2 N–H and O–H groups in total. The van der Waals surface area contributed by atoms with E-state index in [-0.39, 0.29) is 23.7 Å². The van der Waals surface area contributed by atoms with Gasteiger partial charge in [-0.15, -0.1) is 0 Å². The summed E-state index contributed by atoms with van der Waals surface area (Å²) in [5.74, 6) is -1.86. The minimum Gasteiger partial charge on any atom is -0.336 e. The van der Waals surface area contributed by atoms with E-state index < -0.39 is 50.1 Å². The van der Waals surface area contributed by atoms with Gasteiger partial charge in [-0.3, -0.25) is 10.1 Å². The number of benzene rings is 1. The molecule has 0 radical (unpaired) electrons. The summed E-state index contributed by atoms with van der Waals surface area (Å²) in [4.78, 5) is 13.0. The highest BCUT2D eigenvalue weighted by molar-refractivity contribution is 7.92. The molecule has 3 aliphatic rings. The Labute approximate surface area is 176 Å². The number of nitrogens with one attached hydrogen (secondary N) is 2. The zero-order valence-electron chi connectivity index (χ0n) is 16.4. The Balaban J connectivity index is 1.66. The van der Waals surface area contributed by atoms with E-state index >= 15 is 0 Å². The standard InChI is InChI=1S/C20H21F4N3O3S/c21-14-5-3-13(4-6-14)16(20(22,23)24)26-19(17(28)27-18(11-25)7-8-18)9-15(19)31(29,30)10-12-1-2-12/h3-6,12,15-16,26H,1-2,7-10H2,(H,27,28)/t15?,16-,19?/m0/s1. The molecule has 1 aromatic rings. The van der Waals surface area contributed by atoms with Gasteiger partial charge in [0.25, 0.3) is 0 Å². The van der Waals surface area contributed by atoms with Crippen LogP contribution in [0, 0.1) is 23.1 Å². The van der Waals surface area contributed by atoms with Gasteiger partial charge in [-0.05, 0) is 55.7 Å². The smallest absolute Gasteiger partial charge is 0.336 e. The van der Waals surface area contributed by atoms with E-state index in [0.29, 0.717) is 12.8 Å². The fraction of sp³-hybridized carbons (Fsp3) is 0.600. The average molecular weight is 459 g/mol. The highest BCUT2D eigenvalue weighted by Crippen LogP contribution is 2.49. The molecule has 1 amide bonds. The third-order valence-electron chi connectivity index (χ3n) is 6.15. The van der Waals surface area contributed by atoms with E-state index in [2.05, 4.69) is 10.6 Å². The second-order valence-electron chi connectivity index (χ2n) is 8.76. The first kappa shape index (κ1) is 22.0. The maximum Gasteiger partial charge on any atom is 0.407 e. The molecule has 0 heterocycles. The molecule has 3 atom stereocenters. The Morgan fingerprint density at radius 1 is 1.23 bits per heavy atom. The Kier molecular flexibility index (Phi) is 5.09. The van der Waals surface area contributed by atoms with Crippen LogP contribution in [0.5, 0.6) is 0 Å². The number of hydrogen-bond donors (Lipinski definition) is 2. The number of alkyl halides is 3. The minimum absolute atomic E-state index is 0.0317. The zero-order chi connectivity index (χ0) is 22.7. The Morgan fingerprint density at radius 3 is 2.32 bits per heavy atom. The van der Waals surface area contributed by atoms with Gasteiger partial charge in [0.2, 0.25) is 5.91 Å². The SMILES string of the molecule is N#CC1(NC(=O)C2(N[C@@H](c3ccc(F)cc3)C(F)(F)F)CC2S(=O)(=O)CC2CC2)CC1. The second kappa shape index (κ2) is 7.17. The summed E-state index contributed by atoms with van der Waals surface area (Å²) in [6.45, 7) is 0. The molecule has 31 heavy (non-hydrogen) atoms. The molecule has 0 spiro atoms. The van der Waals surface area contributed by atoms with Gasteiger partial charge >= 0.3 is 6.18 Å². The summed E-state index contributed by atoms with van der Waals surface area (Å²) >= 11 is 0. The normalized spacial score (nSPS) is 27.8. The van der Waals surface area contributed by atoms with Crippen LogP contribution in [-0.2, 0) is 14.6 Å². The Morgan fingerprint density at radius 2 is 1.84 bits per heavy atom. The number of sulfone groups is 1. The maximum absolute atomic E-state index is 13.9. The van der Waals surface area contributed by atoms with Crippen LogP contribution in [0.3, 0.4) is 0 Å². The third kappa shape index (κ3) is 4.41. The fourth-order valence-electron chi connectivity index (χ4n) is 3.84. The van der Waals surface area contributed by atoms with Crippen molar-refractivity contribution >= 4 is 15.7 Å². The van der Waals surface area contributed by atoms with Gasteiger partial charge in [0.1, 0.15) is 22.9 Å². The van der Waals surface area contributed by atoms with Gasteiger partial charge in [-0.25, -0.2) is 12.8 Å². The molecule has 4 rings (SSSR count). The molecule has 0 aromatic heterocycles. The van der Waals surface area contributed by atoms with Crippen molar-refractivity contribution in [3.8, 4) is 6.07 Å². The van der Waals surface area contributed by atoms with E-state index in [4.69, 9.17) is 0 Å². The lowest BCUT2D eigenvalue weighted by atomic mass is 10.0. The summed E-state index contributed by atoms with van der Waals surface area (Å²) in [5.41, 5.74) is -3.51. The molecule has 0 bridgehead atoms. The molecule has 3 fully saturated rings. The molecule has 0 saturated heterocycles. The summed E-state index contributed by atoms with van der Waals surface area (Å²) in [5, 5.41) is 12.6. The van der Waals surface area contributed by atoms with Crippen molar-refractivity contribution in [2.75, 3.05) is 5.75 Å². The van der Waals surface area contributed by atoms with Crippen LogP contribution in [-0.4, -0.2) is 42.6 Å². The average Bonchev–Trinajstić information content (AvgIpc) is 3.54. The lowest BCUT2D eigenvalue weighted by Crippen LogP contribution is -2.56. The van der Waals surface area contributed by atoms with Crippen molar-refractivity contribution in [2.45, 2.75) is 60.7 Å². The van der Waals surface area contributed by atoms with Crippen LogP contribution in [0.25, 0.3) is 0 Å². The first-order chi connectivity index (χ1) is 14.4. The lowest BCUT2D eigenvalue weighted by Gasteiger charge is -2.29. The monoisotopic (exact) mass is 459 g/mol. The van der Waals surface area contributed by atoms with Crippen molar-refractivity contribution in [3.63, 3.8) is 0 Å². The van der Waals surface area contributed by atoms with E-state index in [0.717, 1.165) is 37.1 Å². The van der Waals surface area contributed by atoms with Crippen LogP contribution in [0.2, 0.25) is 0 Å². The Bertz CT molecular complexity index is 1030. The summed E-state index contributed by atoms with van der Waals surface area (Å²) < 4.78 is 80.5. The predicted molar refractivity (Wildman–Crippen MR) is 102 cm³/mol. The summed E-state index contributed by atoms with van der Waals surface area (Å²) in [6.07, 6.45) is -3.02. The molecule has 1 aromatic carbocycles. The summed E-state index contributed by atoms with van der Waals surface area (Å²) in [7, 11) is -3.83. The first-order valence-electron chi connectivity index (χ1n) is 9.96. The quantitative estimate of drug-likeness (QED) is 0.582.